The molecular weight excluding hydrogens is 491 g/mol. The molecule has 9 nitrogen and oxygen atoms in total. The molecule has 0 saturated heterocycles. The van der Waals surface area contributed by atoms with Gasteiger partial charge in [-0.15, -0.1) is 0 Å². The van der Waals surface area contributed by atoms with E-state index in [1.54, 1.807) is 24.3 Å². The second-order valence-corrected chi connectivity index (χ2v) is 8.55. The number of aromatic nitrogens is 2. The number of carbonyl (C=O) groups is 1. The number of fused-ring (bicyclic) bond motifs is 1. The van der Waals surface area contributed by atoms with Crippen molar-refractivity contribution in [1.82, 2.24) is 9.97 Å². The highest BCUT2D eigenvalue weighted by Gasteiger charge is 2.14. The molecule has 0 aliphatic rings. The number of methoxy groups -OCH3 is 1. The van der Waals surface area contributed by atoms with E-state index in [4.69, 9.17) is 14.6 Å². The van der Waals surface area contributed by atoms with Crippen molar-refractivity contribution < 1.29 is 28.9 Å². The highest BCUT2D eigenvalue weighted by molar-refractivity contribution is 6.04. The Morgan fingerprint density at radius 2 is 1.76 bits per heavy atom. The second-order valence-electron chi connectivity index (χ2n) is 8.55. The Morgan fingerprint density at radius 1 is 0.974 bits per heavy atom. The van der Waals surface area contributed by atoms with Gasteiger partial charge in [-0.25, -0.2) is 14.4 Å². The third-order valence-corrected chi connectivity index (χ3v) is 5.84. The molecule has 3 aromatic carbocycles. The largest absolute Gasteiger partial charge is 0.504 e. The Bertz CT molecular complexity index is 1400. The van der Waals surface area contributed by atoms with E-state index >= 15 is 0 Å². The third kappa shape index (κ3) is 6.65. The van der Waals surface area contributed by atoms with Gasteiger partial charge in [0.15, 0.2) is 11.5 Å². The number of amides is 1. The van der Waals surface area contributed by atoms with Crippen molar-refractivity contribution in [2.75, 3.05) is 31.0 Å². The average molecular weight is 521 g/mol. The lowest BCUT2D eigenvalue weighted by molar-refractivity contribution is 0.102. The predicted octanol–water partition coefficient (Wildman–Crippen LogP) is 5.41. The number of ether oxygens (including phenoxy) is 2. The zero-order chi connectivity index (χ0) is 26.9. The van der Waals surface area contributed by atoms with Gasteiger partial charge in [0.1, 0.15) is 23.7 Å². The van der Waals surface area contributed by atoms with Gasteiger partial charge in [0, 0.05) is 35.4 Å². The van der Waals surface area contributed by atoms with Crippen LogP contribution < -0.4 is 20.1 Å². The van der Waals surface area contributed by atoms with Crippen LogP contribution in [0.2, 0.25) is 0 Å². The molecule has 0 aliphatic heterocycles. The minimum absolute atomic E-state index is 0.0453. The summed E-state index contributed by atoms with van der Waals surface area (Å²) >= 11 is 0. The number of hydrogen-bond acceptors (Lipinski definition) is 8. The van der Waals surface area contributed by atoms with E-state index in [1.165, 1.54) is 43.8 Å². The van der Waals surface area contributed by atoms with Crippen LogP contribution in [0.1, 0.15) is 36.0 Å². The summed E-state index contributed by atoms with van der Waals surface area (Å²) in [6.07, 6.45) is 4.74. The van der Waals surface area contributed by atoms with Crippen molar-refractivity contribution in [3.63, 3.8) is 0 Å². The van der Waals surface area contributed by atoms with Crippen LogP contribution >= 0.6 is 0 Å². The van der Waals surface area contributed by atoms with Gasteiger partial charge in [-0.05, 0) is 61.7 Å². The molecule has 4 aromatic rings. The van der Waals surface area contributed by atoms with Crippen LogP contribution in [0.5, 0.6) is 17.2 Å². The normalized spacial score (nSPS) is 10.8. The lowest BCUT2D eigenvalue weighted by Crippen LogP contribution is -2.12. The SMILES string of the molecule is COc1cc2ncnc(Nc3ccc(NC(=O)c4ccc(F)cc4)cc3OCCCCCCO)c2cc1O. The molecule has 0 radical (unpaired) electrons. The van der Waals surface area contributed by atoms with Crippen molar-refractivity contribution in [3.05, 3.63) is 72.3 Å². The average Bonchev–Trinajstić information content (AvgIpc) is 2.92. The molecule has 0 bridgehead atoms. The molecule has 0 spiro atoms. The molecular formula is C28H29FN4O5. The van der Waals surface area contributed by atoms with E-state index in [2.05, 4.69) is 20.6 Å². The van der Waals surface area contributed by atoms with Crippen molar-refractivity contribution in [1.29, 1.82) is 0 Å². The molecule has 198 valence electrons. The number of aliphatic hydroxyl groups excluding tert-OH is 1. The summed E-state index contributed by atoms with van der Waals surface area (Å²) in [4.78, 5) is 21.2. The summed E-state index contributed by atoms with van der Waals surface area (Å²) in [5.74, 6) is 0.379. The number of unbranched alkanes of at least 4 members (excludes halogenated alkanes) is 3. The zero-order valence-electron chi connectivity index (χ0n) is 20.9. The lowest BCUT2D eigenvalue weighted by Gasteiger charge is -2.16. The van der Waals surface area contributed by atoms with Gasteiger partial charge in [0.2, 0.25) is 0 Å². The highest BCUT2D eigenvalue weighted by Crippen LogP contribution is 2.36. The quantitative estimate of drug-likeness (QED) is 0.183. The maximum Gasteiger partial charge on any atom is 0.255 e. The van der Waals surface area contributed by atoms with Crippen LogP contribution in [0.4, 0.5) is 21.6 Å². The Labute approximate surface area is 219 Å². The monoisotopic (exact) mass is 520 g/mol. The van der Waals surface area contributed by atoms with Crippen LogP contribution in [0.25, 0.3) is 10.9 Å². The van der Waals surface area contributed by atoms with Crippen LogP contribution in [0.15, 0.2) is 60.9 Å². The number of nitrogens with one attached hydrogen (secondary N) is 2. The van der Waals surface area contributed by atoms with Crippen molar-refractivity contribution >= 4 is 34.0 Å². The van der Waals surface area contributed by atoms with E-state index in [0.29, 0.717) is 51.8 Å². The highest BCUT2D eigenvalue weighted by atomic mass is 19.1. The summed E-state index contributed by atoms with van der Waals surface area (Å²) in [6.45, 7) is 0.594. The molecule has 4 N–H and O–H groups in total. The Hall–Kier alpha value is -4.44. The number of halogens is 1. The minimum Gasteiger partial charge on any atom is -0.504 e. The van der Waals surface area contributed by atoms with Crippen LogP contribution in [-0.4, -0.2) is 46.4 Å². The number of phenolic OH excluding ortho intramolecular Hbond substituents is 1. The molecule has 0 saturated carbocycles. The number of hydrogen-bond donors (Lipinski definition) is 4. The molecule has 1 aromatic heterocycles. The molecule has 10 heteroatoms. The van der Waals surface area contributed by atoms with Gasteiger partial charge in [0.05, 0.1) is 24.9 Å². The summed E-state index contributed by atoms with van der Waals surface area (Å²) < 4.78 is 24.5. The standard InChI is InChI=1S/C28H29FN4O5/c1-37-26-16-23-21(15-24(26)35)27(31-17-30-23)33-22-11-10-20(14-25(22)38-13-5-3-2-4-12-34)32-28(36)18-6-8-19(29)9-7-18/h6-11,14-17,34-35H,2-5,12-13H2,1H3,(H,32,36)(H,30,31,33). The molecule has 0 aliphatic carbocycles. The Morgan fingerprint density at radius 3 is 2.53 bits per heavy atom. The fraction of sp³-hybridized carbons (Fsp3) is 0.250. The predicted molar refractivity (Wildman–Crippen MR) is 143 cm³/mol. The van der Waals surface area contributed by atoms with Crippen LogP contribution in [-0.2, 0) is 0 Å². The Balaban J connectivity index is 1.58. The maximum atomic E-state index is 13.2. The molecule has 0 unspecified atom stereocenters. The summed E-state index contributed by atoms with van der Waals surface area (Å²) in [6, 6.07) is 13.6. The molecule has 1 amide bonds. The maximum absolute atomic E-state index is 13.2. The van der Waals surface area contributed by atoms with Gasteiger partial charge < -0.3 is 30.3 Å². The first kappa shape index (κ1) is 26.6. The summed E-state index contributed by atoms with van der Waals surface area (Å²) in [5, 5.41) is 25.9. The number of nitrogens with zero attached hydrogens (tertiary/aromatic N) is 2. The number of phenols is 1. The fourth-order valence-electron chi connectivity index (χ4n) is 3.84. The third-order valence-electron chi connectivity index (χ3n) is 5.84. The number of carbonyl (C=O) groups excluding carboxylic acids is 1. The van der Waals surface area contributed by atoms with E-state index < -0.39 is 5.82 Å². The number of aliphatic hydroxyl groups is 1. The number of rotatable bonds is 12. The lowest BCUT2D eigenvalue weighted by atomic mass is 10.2. The van der Waals surface area contributed by atoms with Crippen molar-refractivity contribution in [2.45, 2.75) is 25.7 Å². The number of aromatic hydroxyl groups is 1. The summed E-state index contributed by atoms with van der Waals surface area (Å²) in [7, 11) is 1.46. The first-order valence-corrected chi connectivity index (χ1v) is 12.2. The van der Waals surface area contributed by atoms with Gasteiger partial charge in [0.25, 0.3) is 5.91 Å². The minimum atomic E-state index is -0.421. The van der Waals surface area contributed by atoms with E-state index in [-0.39, 0.29) is 18.3 Å². The van der Waals surface area contributed by atoms with E-state index in [9.17, 15) is 14.3 Å². The number of benzene rings is 3. The molecule has 38 heavy (non-hydrogen) atoms. The van der Waals surface area contributed by atoms with E-state index in [0.717, 1.165) is 25.7 Å². The van der Waals surface area contributed by atoms with Gasteiger partial charge >= 0.3 is 0 Å². The molecule has 0 atom stereocenters. The van der Waals surface area contributed by atoms with Crippen molar-refractivity contribution in [3.8, 4) is 17.2 Å². The van der Waals surface area contributed by atoms with Crippen LogP contribution in [0.3, 0.4) is 0 Å². The summed E-state index contributed by atoms with van der Waals surface area (Å²) in [5.41, 5.74) is 1.99. The van der Waals surface area contributed by atoms with Gasteiger partial charge in [-0.3, -0.25) is 4.79 Å². The number of anilines is 3. The smallest absolute Gasteiger partial charge is 0.255 e. The van der Waals surface area contributed by atoms with Gasteiger partial charge in [-0.2, -0.15) is 0 Å². The molecule has 0 fully saturated rings. The molecule has 4 rings (SSSR count). The first-order valence-electron chi connectivity index (χ1n) is 12.2. The Kier molecular flexibility index (Phi) is 8.89. The zero-order valence-corrected chi connectivity index (χ0v) is 20.9. The van der Waals surface area contributed by atoms with E-state index in [1.807, 2.05) is 0 Å². The van der Waals surface area contributed by atoms with Gasteiger partial charge in [-0.1, -0.05) is 6.42 Å². The topological polar surface area (TPSA) is 126 Å². The first-order chi connectivity index (χ1) is 18.5. The van der Waals surface area contributed by atoms with Crippen molar-refractivity contribution in [2.24, 2.45) is 0 Å². The second kappa shape index (κ2) is 12.7. The molecule has 1 heterocycles. The van der Waals surface area contributed by atoms with Crippen LogP contribution in [0, 0.1) is 5.82 Å². The fourth-order valence-corrected chi connectivity index (χ4v) is 3.84.